The van der Waals surface area contributed by atoms with Gasteiger partial charge in [-0.15, -0.1) is 0 Å². The Morgan fingerprint density at radius 1 is 0.971 bits per heavy atom. The van der Waals surface area contributed by atoms with Crippen LogP contribution in [0.25, 0.3) is 11.3 Å². The molecule has 7 heteroatoms. The minimum Gasteiger partial charge on any atom is -0.337 e. The minimum atomic E-state index is -0.241. The van der Waals surface area contributed by atoms with Crippen molar-refractivity contribution in [3.8, 4) is 11.3 Å². The number of likely N-dealkylation sites (tertiary alicyclic amines) is 1. The standard InChI is InChI=1S/C27H24FN5O/c28-22-11-9-19(10-12-22)14-23-5-1-6-24(31-23)20-4-3-13-33(17-20)27(34)26-8-2-7-25(32-26)21-15-29-18-30-16-21/h1-2,5-12,15-16,18,20H,3-4,13-14,17H2/t20-/m0/s1. The molecule has 1 amide bonds. The Bertz CT molecular complexity index is 1280. The van der Waals surface area contributed by atoms with Crippen LogP contribution in [0, 0.1) is 5.82 Å². The van der Waals surface area contributed by atoms with Crippen molar-refractivity contribution in [2.75, 3.05) is 13.1 Å². The predicted octanol–water partition coefficient (Wildman–Crippen LogP) is 4.68. The van der Waals surface area contributed by atoms with Gasteiger partial charge in [0, 0.05) is 54.8 Å². The zero-order valence-electron chi connectivity index (χ0n) is 18.6. The fourth-order valence-corrected chi connectivity index (χ4v) is 4.35. The highest BCUT2D eigenvalue weighted by Gasteiger charge is 2.27. The Morgan fingerprint density at radius 2 is 1.76 bits per heavy atom. The van der Waals surface area contributed by atoms with Crippen LogP contribution in [0.2, 0.25) is 0 Å². The minimum absolute atomic E-state index is 0.0779. The summed E-state index contributed by atoms with van der Waals surface area (Å²) in [6, 6.07) is 18.0. The highest BCUT2D eigenvalue weighted by molar-refractivity contribution is 5.93. The van der Waals surface area contributed by atoms with Gasteiger partial charge in [-0.25, -0.2) is 19.3 Å². The van der Waals surface area contributed by atoms with Gasteiger partial charge in [0.25, 0.3) is 5.91 Å². The topological polar surface area (TPSA) is 71.9 Å². The average Bonchev–Trinajstić information content (AvgIpc) is 2.90. The molecule has 170 valence electrons. The van der Waals surface area contributed by atoms with Crippen LogP contribution in [0.3, 0.4) is 0 Å². The van der Waals surface area contributed by atoms with E-state index in [-0.39, 0.29) is 17.6 Å². The lowest BCUT2D eigenvalue weighted by Crippen LogP contribution is -2.39. The number of benzene rings is 1. The van der Waals surface area contributed by atoms with Gasteiger partial charge in [0.05, 0.1) is 5.69 Å². The normalized spacial score (nSPS) is 15.8. The van der Waals surface area contributed by atoms with Crippen LogP contribution in [-0.2, 0) is 6.42 Å². The number of nitrogens with zero attached hydrogens (tertiary/aromatic N) is 5. The van der Waals surface area contributed by atoms with E-state index in [1.54, 1.807) is 30.6 Å². The first kappa shape index (κ1) is 21.8. The van der Waals surface area contributed by atoms with Gasteiger partial charge in [-0.3, -0.25) is 9.78 Å². The highest BCUT2D eigenvalue weighted by atomic mass is 19.1. The third-order valence-electron chi connectivity index (χ3n) is 6.08. The molecule has 6 nitrogen and oxygen atoms in total. The van der Waals surface area contributed by atoms with E-state index in [1.807, 2.05) is 35.2 Å². The van der Waals surface area contributed by atoms with Gasteiger partial charge >= 0.3 is 0 Å². The molecule has 0 saturated carbocycles. The lowest BCUT2D eigenvalue weighted by atomic mass is 9.93. The number of aromatic nitrogens is 4. The summed E-state index contributed by atoms with van der Waals surface area (Å²) in [5.41, 5.74) is 4.81. The number of pyridine rings is 2. The lowest BCUT2D eigenvalue weighted by Gasteiger charge is -2.32. The van der Waals surface area contributed by atoms with E-state index >= 15 is 0 Å². The quantitative estimate of drug-likeness (QED) is 0.439. The molecule has 5 rings (SSSR count). The summed E-state index contributed by atoms with van der Waals surface area (Å²) in [7, 11) is 0. The summed E-state index contributed by atoms with van der Waals surface area (Å²) in [4.78, 5) is 32.7. The number of rotatable bonds is 5. The largest absolute Gasteiger partial charge is 0.337 e. The predicted molar refractivity (Wildman–Crippen MR) is 127 cm³/mol. The van der Waals surface area contributed by atoms with Crippen LogP contribution in [0.5, 0.6) is 0 Å². The SMILES string of the molecule is O=C(c1cccc(-c2cncnc2)n1)N1CCC[C@H](c2cccc(Cc3ccc(F)cc3)n2)C1. The van der Waals surface area contributed by atoms with Gasteiger partial charge in [0.2, 0.25) is 0 Å². The van der Waals surface area contributed by atoms with Gasteiger partial charge < -0.3 is 4.90 Å². The van der Waals surface area contributed by atoms with E-state index in [4.69, 9.17) is 4.98 Å². The monoisotopic (exact) mass is 453 g/mol. The fourth-order valence-electron chi connectivity index (χ4n) is 4.35. The number of carbonyl (C=O) groups excluding carboxylic acids is 1. The summed E-state index contributed by atoms with van der Waals surface area (Å²) < 4.78 is 13.2. The van der Waals surface area contributed by atoms with Crippen LogP contribution in [0.15, 0.2) is 79.4 Å². The first-order chi connectivity index (χ1) is 16.7. The molecule has 3 aromatic heterocycles. The molecule has 34 heavy (non-hydrogen) atoms. The molecule has 0 aliphatic carbocycles. The first-order valence-corrected chi connectivity index (χ1v) is 11.4. The molecule has 4 heterocycles. The van der Waals surface area contributed by atoms with E-state index in [0.717, 1.165) is 35.4 Å². The molecule has 1 aliphatic rings. The van der Waals surface area contributed by atoms with Crippen molar-refractivity contribution in [3.63, 3.8) is 0 Å². The van der Waals surface area contributed by atoms with E-state index in [9.17, 15) is 9.18 Å². The maximum atomic E-state index is 13.3. The van der Waals surface area contributed by atoms with Gasteiger partial charge in [-0.1, -0.05) is 24.3 Å². The van der Waals surface area contributed by atoms with Crippen molar-refractivity contribution in [1.29, 1.82) is 0 Å². The summed E-state index contributed by atoms with van der Waals surface area (Å²) in [5.74, 6) is -0.156. The Morgan fingerprint density at radius 3 is 2.59 bits per heavy atom. The lowest BCUT2D eigenvalue weighted by molar-refractivity contribution is 0.0700. The summed E-state index contributed by atoms with van der Waals surface area (Å²) in [5, 5.41) is 0. The molecule has 1 fully saturated rings. The zero-order valence-corrected chi connectivity index (χ0v) is 18.6. The second-order valence-electron chi connectivity index (χ2n) is 8.48. The molecule has 0 unspecified atom stereocenters. The van der Waals surface area contributed by atoms with E-state index in [0.29, 0.717) is 30.9 Å². The van der Waals surface area contributed by atoms with Crippen LogP contribution in [0.1, 0.15) is 46.2 Å². The third kappa shape index (κ3) is 4.98. The molecular weight excluding hydrogens is 429 g/mol. The average molecular weight is 454 g/mol. The number of carbonyl (C=O) groups is 1. The van der Waals surface area contributed by atoms with Crippen molar-refractivity contribution in [3.05, 3.63) is 108 Å². The molecule has 0 spiro atoms. The van der Waals surface area contributed by atoms with Gasteiger partial charge in [0.1, 0.15) is 17.8 Å². The maximum Gasteiger partial charge on any atom is 0.272 e. The first-order valence-electron chi connectivity index (χ1n) is 11.4. The Kier molecular flexibility index (Phi) is 6.33. The molecule has 1 aliphatic heterocycles. The molecule has 1 atom stereocenters. The van der Waals surface area contributed by atoms with Gasteiger partial charge in [0.15, 0.2) is 0 Å². The smallest absolute Gasteiger partial charge is 0.272 e. The van der Waals surface area contributed by atoms with E-state index in [1.165, 1.54) is 18.5 Å². The molecule has 1 aromatic carbocycles. The van der Waals surface area contributed by atoms with Crippen LogP contribution < -0.4 is 0 Å². The van der Waals surface area contributed by atoms with Crippen molar-refractivity contribution in [2.24, 2.45) is 0 Å². The van der Waals surface area contributed by atoms with Crippen molar-refractivity contribution in [1.82, 2.24) is 24.8 Å². The second-order valence-corrected chi connectivity index (χ2v) is 8.48. The van der Waals surface area contributed by atoms with Gasteiger partial charge in [-0.05, 0) is 54.8 Å². The summed E-state index contributed by atoms with van der Waals surface area (Å²) in [6.45, 7) is 1.30. The summed E-state index contributed by atoms with van der Waals surface area (Å²) >= 11 is 0. The number of halogens is 1. The molecular formula is C27H24FN5O. The highest BCUT2D eigenvalue weighted by Crippen LogP contribution is 2.27. The molecule has 0 radical (unpaired) electrons. The number of hydrogen-bond donors (Lipinski definition) is 0. The van der Waals surface area contributed by atoms with Crippen molar-refractivity contribution >= 4 is 5.91 Å². The maximum absolute atomic E-state index is 13.3. The number of hydrogen-bond acceptors (Lipinski definition) is 5. The molecule has 0 N–H and O–H groups in total. The second kappa shape index (κ2) is 9.87. The molecule has 0 bridgehead atoms. The van der Waals surface area contributed by atoms with Gasteiger partial charge in [-0.2, -0.15) is 0 Å². The number of amides is 1. The fraction of sp³-hybridized carbons (Fsp3) is 0.222. The Balaban J connectivity index is 1.30. The van der Waals surface area contributed by atoms with Crippen molar-refractivity contribution < 1.29 is 9.18 Å². The van der Waals surface area contributed by atoms with Crippen molar-refractivity contribution in [2.45, 2.75) is 25.2 Å². The van der Waals surface area contributed by atoms with Crippen LogP contribution in [-0.4, -0.2) is 43.8 Å². The summed E-state index contributed by atoms with van der Waals surface area (Å²) in [6.07, 6.45) is 7.37. The third-order valence-corrected chi connectivity index (χ3v) is 6.08. The molecule has 1 saturated heterocycles. The van der Waals surface area contributed by atoms with E-state index in [2.05, 4.69) is 15.0 Å². The molecule has 4 aromatic rings. The number of piperidine rings is 1. The zero-order chi connectivity index (χ0) is 23.3. The van der Waals surface area contributed by atoms with Crippen LogP contribution in [0.4, 0.5) is 4.39 Å². The Labute approximate surface area is 197 Å². The van der Waals surface area contributed by atoms with E-state index < -0.39 is 0 Å². The van der Waals surface area contributed by atoms with Crippen LogP contribution >= 0.6 is 0 Å². The Hall–Kier alpha value is -4.00.